The van der Waals surface area contributed by atoms with Crippen molar-refractivity contribution in [3.63, 3.8) is 0 Å². The summed E-state index contributed by atoms with van der Waals surface area (Å²) in [5, 5.41) is 3.25. The SMILES string of the molecule is COc1ccc(NC(=O)Cn2cc(S(=O)(=O)c3ccc(F)cc3)c3ccccc32)c(OC)c1. The highest BCUT2D eigenvalue weighted by molar-refractivity contribution is 7.91. The number of hydrogen-bond acceptors (Lipinski definition) is 5. The topological polar surface area (TPSA) is 86.6 Å². The summed E-state index contributed by atoms with van der Waals surface area (Å²) in [5.74, 6) is 0.114. The Hall–Kier alpha value is -3.85. The monoisotopic (exact) mass is 468 g/mol. The molecular formula is C24H21FN2O5S. The fourth-order valence-electron chi connectivity index (χ4n) is 3.54. The summed E-state index contributed by atoms with van der Waals surface area (Å²) in [6.45, 7) is -0.130. The minimum Gasteiger partial charge on any atom is -0.497 e. The largest absolute Gasteiger partial charge is 0.497 e. The first kappa shape index (κ1) is 22.3. The Balaban J connectivity index is 1.67. The van der Waals surface area contributed by atoms with Crippen LogP contribution in [-0.2, 0) is 21.2 Å². The summed E-state index contributed by atoms with van der Waals surface area (Å²) < 4.78 is 51.8. The van der Waals surface area contributed by atoms with Gasteiger partial charge in [-0.2, -0.15) is 0 Å². The number of sulfone groups is 1. The molecule has 0 spiro atoms. The maximum Gasteiger partial charge on any atom is 0.244 e. The summed E-state index contributed by atoms with van der Waals surface area (Å²) >= 11 is 0. The summed E-state index contributed by atoms with van der Waals surface area (Å²) in [4.78, 5) is 12.8. The van der Waals surface area contributed by atoms with Gasteiger partial charge in [-0.25, -0.2) is 12.8 Å². The van der Waals surface area contributed by atoms with E-state index in [0.29, 0.717) is 28.1 Å². The quantitative estimate of drug-likeness (QED) is 0.410. The minimum atomic E-state index is -3.93. The zero-order chi connectivity index (χ0) is 23.6. The highest BCUT2D eigenvalue weighted by Crippen LogP contribution is 2.31. The Kier molecular flexibility index (Phi) is 6.06. The van der Waals surface area contributed by atoms with Crippen LogP contribution in [0.4, 0.5) is 10.1 Å². The normalized spacial score (nSPS) is 11.4. The second-order valence-corrected chi connectivity index (χ2v) is 9.13. The number of aromatic nitrogens is 1. The molecular weight excluding hydrogens is 447 g/mol. The van der Waals surface area contributed by atoms with Gasteiger partial charge < -0.3 is 19.4 Å². The molecule has 1 amide bonds. The van der Waals surface area contributed by atoms with Gasteiger partial charge in [-0.3, -0.25) is 4.79 Å². The van der Waals surface area contributed by atoms with Gasteiger partial charge in [-0.15, -0.1) is 0 Å². The molecule has 1 N–H and O–H groups in total. The smallest absolute Gasteiger partial charge is 0.244 e. The molecule has 0 aliphatic heterocycles. The molecule has 0 atom stereocenters. The van der Waals surface area contributed by atoms with Gasteiger partial charge in [0.15, 0.2) is 0 Å². The van der Waals surface area contributed by atoms with Crippen LogP contribution in [-0.4, -0.2) is 33.1 Å². The van der Waals surface area contributed by atoms with Crippen molar-refractivity contribution in [1.82, 2.24) is 4.57 Å². The van der Waals surface area contributed by atoms with Crippen LogP contribution in [0.1, 0.15) is 0 Å². The molecule has 4 rings (SSSR count). The first-order chi connectivity index (χ1) is 15.8. The number of fused-ring (bicyclic) bond motifs is 1. The number of benzene rings is 3. The number of carbonyl (C=O) groups excluding carboxylic acids is 1. The number of rotatable bonds is 7. The van der Waals surface area contributed by atoms with Crippen molar-refractivity contribution < 1.29 is 27.1 Å². The average Bonchev–Trinajstić information content (AvgIpc) is 3.18. The molecule has 3 aromatic carbocycles. The number of ether oxygens (including phenoxy) is 2. The van der Waals surface area contributed by atoms with E-state index in [9.17, 15) is 17.6 Å². The van der Waals surface area contributed by atoms with Crippen molar-refractivity contribution in [1.29, 1.82) is 0 Å². The summed E-state index contributed by atoms with van der Waals surface area (Å²) in [6, 6.07) is 16.5. The number of nitrogens with one attached hydrogen (secondary N) is 1. The summed E-state index contributed by atoms with van der Waals surface area (Å²) in [6.07, 6.45) is 1.42. The third-order valence-corrected chi connectivity index (χ3v) is 6.96. The van der Waals surface area contributed by atoms with Crippen LogP contribution >= 0.6 is 0 Å². The molecule has 170 valence electrons. The molecule has 0 saturated carbocycles. The lowest BCUT2D eigenvalue weighted by atomic mass is 10.2. The molecule has 4 aromatic rings. The highest BCUT2D eigenvalue weighted by atomic mass is 32.2. The van der Waals surface area contributed by atoms with Crippen molar-refractivity contribution in [3.05, 3.63) is 78.7 Å². The lowest BCUT2D eigenvalue weighted by Gasteiger charge is -2.12. The van der Waals surface area contributed by atoms with Crippen molar-refractivity contribution in [2.75, 3.05) is 19.5 Å². The second kappa shape index (κ2) is 8.95. The highest BCUT2D eigenvalue weighted by Gasteiger charge is 2.24. The predicted molar refractivity (Wildman–Crippen MR) is 122 cm³/mol. The number of methoxy groups -OCH3 is 2. The summed E-state index contributed by atoms with van der Waals surface area (Å²) in [7, 11) is -0.916. The van der Waals surface area contributed by atoms with E-state index in [1.54, 1.807) is 47.0 Å². The molecule has 0 radical (unpaired) electrons. The van der Waals surface area contributed by atoms with E-state index < -0.39 is 15.7 Å². The molecule has 0 fully saturated rings. The van der Waals surface area contributed by atoms with Gasteiger partial charge in [-0.05, 0) is 42.5 Å². The lowest BCUT2D eigenvalue weighted by molar-refractivity contribution is -0.116. The Labute approximate surface area is 190 Å². The molecule has 9 heteroatoms. The molecule has 0 saturated heterocycles. The molecule has 0 bridgehead atoms. The van der Waals surface area contributed by atoms with Crippen LogP contribution in [0.2, 0.25) is 0 Å². The van der Waals surface area contributed by atoms with Gasteiger partial charge in [0, 0.05) is 23.2 Å². The van der Waals surface area contributed by atoms with E-state index in [1.165, 1.54) is 32.5 Å². The zero-order valence-corrected chi connectivity index (χ0v) is 18.7. The first-order valence-electron chi connectivity index (χ1n) is 9.94. The van der Waals surface area contributed by atoms with Crippen LogP contribution in [0.3, 0.4) is 0 Å². The number of anilines is 1. The minimum absolute atomic E-state index is 0.0285. The van der Waals surface area contributed by atoms with Crippen LogP contribution in [0.25, 0.3) is 10.9 Å². The van der Waals surface area contributed by atoms with E-state index in [4.69, 9.17) is 9.47 Å². The van der Waals surface area contributed by atoms with Gasteiger partial charge in [0.2, 0.25) is 15.7 Å². The molecule has 0 unspecified atom stereocenters. The van der Waals surface area contributed by atoms with E-state index in [1.807, 2.05) is 0 Å². The van der Waals surface area contributed by atoms with Gasteiger partial charge in [0.25, 0.3) is 0 Å². The molecule has 1 aromatic heterocycles. The van der Waals surface area contributed by atoms with Gasteiger partial charge >= 0.3 is 0 Å². The molecule has 1 heterocycles. The van der Waals surface area contributed by atoms with Crippen LogP contribution < -0.4 is 14.8 Å². The van der Waals surface area contributed by atoms with Gasteiger partial charge in [0.1, 0.15) is 23.9 Å². The molecule has 33 heavy (non-hydrogen) atoms. The van der Waals surface area contributed by atoms with Crippen molar-refractivity contribution in [2.24, 2.45) is 0 Å². The molecule has 0 aliphatic carbocycles. The average molecular weight is 469 g/mol. The number of para-hydroxylation sites is 1. The Morgan fingerprint density at radius 1 is 1.00 bits per heavy atom. The number of hydrogen-bond donors (Lipinski definition) is 1. The van der Waals surface area contributed by atoms with E-state index in [2.05, 4.69) is 5.32 Å². The fraction of sp³-hybridized carbons (Fsp3) is 0.125. The molecule has 0 aliphatic rings. The third-order valence-electron chi connectivity index (χ3n) is 5.16. The standard InChI is InChI=1S/C24H21FN2O5S/c1-31-17-9-12-20(22(13-17)32-2)26-24(28)15-27-14-23(19-5-3-4-6-21(19)27)33(29,30)18-10-7-16(25)8-11-18/h3-14H,15H2,1-2H3,(H,26,28). The maximum absolute atomic E-state index is 13.3. The van der Waals surface area contributed by atoms with Crippen molar-refractivity contribution >= 4 is 32.3 Å². The number of amides is 1. The predicted octanol–water partition coefficient (Wildman–Crippen LogP) is 4.27. The van der Waals surface area contributed by atoms with Gasteiger partial charge in [-0.1, -0.05) is 18.2 Å². The zero-order valence-electron chi connectivity index (χ0n) is 17.9. The first-order valence-corrected chi connectivity index (χ1v) is 11.4. The van der Waals surface area contributed by atoms with Crippen LogP contribution in [0, 0.1) is 5.82 Å². The lowest BCUT2D eigenvalue weighted by Crippen LogP contribution is -2.18. The number of carbonyl (C=O) groups is 1. The Morgan fingerprint density at radius 3 is 2.42 bits per heavy atom. The van der Waals surface area contributed by atoms with Crippen LogP contribution in [0.5, 0.6) is 11.5 Å². The Bertz CT molecular complexity index is 1430. The maximum atomic E-state index is 13.3. The number of halogens is 1. The number of nitrogens with zero attached hydrogens (tertiary/aromatic N) is 1. The van der Waals surface area contributed by atoms with E-state index in [-0.39, 0.29) is 22.2 Å². The third kappa shape index (κ3) is 4.40. The van der Waals surface area contributed by atoms with Gasteiger partial charge in [0.05, 0.1) is 29.7 Å². The Morgan fingerprint density at radius 2 is 1.73 bits per heavy atom. The summed E-state index contributed by atoms with van der Waals surface area (Å²) in [5.41, 5.74) is 1.04. The fourth-order valence-corrected chi connectivity index (χ4v) is 5.02. The second-order valence-electron chi connectivity index (χ2n) is 7.21. The molecule has 7 nitrogen and oxygen atoms in total. The van der Waals surface area contributed by atoms with Crippen LogP contribution in [0.15, 0.2) is 82.7 Å². The van der Waals surface area contributed by atoms with Crippen molar-refractivity contribution in [3.8, 4) is 11.5 Å². The van der Waals surface area contributed by atoms with E-state index in [0.717, 1.165) is 12.1 Å². The van der Waals surface area contributed by atoms with Crippen molar-refractivity contribution in [2.45, 2.75) is 16.3 Å². The van der Waals surface area contributed by atoms with E-state index >= 15 is 0 Å².